The second-order valence-electron chi connectivity index (χ2n) is 8.79. The summed E-state index contributed by atoms with van der Waals surface area (Å²) in [6, 6.07) is 1.23. The van der Waals surface area contributed by atoms with Crippen LogP contribution in [0.5, 0.6) is 0 Å². The summed E-state index contributed by atoms with van der Waals surface area (Å²) in [5, 5.41) is -0.0660. The standard InChI is InChI=1S/C21H37N2O8PSi/c1-9-13-29-15-17(11-14-32(26,27-5)28-6)31-19(16-30-33(7,8)21(2,3)4)23-12-10-18(24)22-20(23)25/h9-12,14,17,19H,1,13,15-16H2,2-8H3,(H,22,24,25)/b14-11+. The first-order chi connectivity index (χ1) is 15.3. The zero-order chi connectivity index (χ0) is 25.3. The summed E-state index contributed by atoms with van der Waals surface area (Å²) in [5.74, 6) is 1.27. The average molecular weight is 505 g/mol. The van der Waals surface area contributed by atoms with Gasteiger partial charge in [-0.2, -0.15) is 0 Å². The van der Waals surface area contributed by atoms with Crippen molar-refractivity contribution in [3.05, 3.63) is 57.6 Å². The molecule has 1 aromatic rings. The molecule has 0 amide bonds. The second kappa shape index (κ2) is 12.8. The van der Waals surface area contributed by atoms with Crippen LogP contribution in [0.2, 0.25) is 18.1 Å². The summed E-state index contributed by atoms with van der Waals surface area (Å²) in [6.07, 6.45) is 2.79. The molecule has 0 aromatic carbocycles. The zero-order valence-electron chi connectivity index (χ0n) is 20.5. The summed E-state index contributed by atoms with van der Waals surface area (Å²) in [6.45, 7) is 14.5. The Morgan fingerprint density at radius 3 is 2.36 bits per heavy atom. The van der Waals surface area contributed by atoms with E-state index in [9.17, 15) is 14.2 Å². The number of H-pyrrole nitrogens is 1. The highest BCUT2D eigenvalue weighted by Crippen LogP contribution is 2.48. The highest BCUT2D eigenvalue weighted by molar-refractivity contribution is 7.57. The van der Waals surface area contributed by atoms with Gasteiger partial charge in [-0.1, -0.05) is 26.8 Å². The molecule has 1 rings (SSSR count). The Kier molecular flexibility index (Phi) is 11.4. The van der Waals surface area contributed by atoms with Crippen LogP contribution in [-0.4, -0.2) is 58.0 Å². The lowest BCUT2D eigenvalue weighted by molar-refractivity contribution is -0.0849. The lowest BCUT2D eigenvalue weighted by Gasteiger charge is -2.37. The smallest absolute Gasteiger partial charge is 0.353 e. The molecule has 10 nitrogen and oxygen atoms in total. The molecule has 0 radical (unpaired) electrons. The van der Waals surface area contributed by atoms with E-state index in [1.165, 1.54) is 42.9 Å². The Morgan fingerprint density at radius 1 is 1.21 bits per heavy atom. The van der Waals surface area contributed by atoms with E-state index in [4.69, 9.17) is 22.9 Å². The third kappa shape index (κ3) is 9.28. The number of ether oxygens (including phenoxy) is 2. The first-order valence-corrected chi connectivity index (χ1v) is 15.0. The monoisotopic (exact) mass is 504 g/mol. The van der Waals surface area contributed by atoms with E-state index in [1.807, 2.05) is 0 Å². The largest absolute Gasteiger partial charge is 0.412 e. The third-order valence-electron chi connectivity index (χ3n) is 5.40. The van der Waals surface area contributed by atoms with Gasteiger partial charge in [0.25, 0.3) is 5.56 Å². The van der Waals surface area contributed by atoms with Crippen LogP contribution in [-0.2, 0) is 27.5 Å². The van der Waals surface area contributed by atoms with Crippen LogP contribution >= 0.6 is 7.60 Å². The molecule has 0 bridgehead atoms. The Hall–Kier alpha value is -1.59. The number of hydrogen-bond donors (Lipinski definition) is 1. The fraction of sp³-hybridized carbons (Fsp3) is 0.619. The van der Waals surface area contributed by atoms with Gasteiger partial charge in [0, 0.05) is 32.3 Å². The van der Waals surface area contributed by atoms with E-state index >= 15 is 0 Å². The molecule has 33 heavy (non-hydrogen) atoms. The summed E-state index contributed by atoms with van der Waals surface area (Å²) in [4.78, 5) is 26.3. The summed E-state index contributed by atoms with van der Waals surface area (Å²) in [7, 11) is -3.09. The normalized spacial score (nSPS) is 15.0. The van der Waals surface area contributed by atoms with Gasteiger partial charge < -0.3 is 22.9 Å². The molecule has 0 spiro atoms. The fourth-order valence-electron chi connectivity index (χ4n) is 2.34. The van der Waals surface area contributed by atoms with Crippen LogP contribution in [0.25, 0.3) is 0 Å². The van der Waals surface area contributed by atoms with E-state index in [2.05, 4.69) is 45.4 Å². The molecule has 2 atom stereocenters. The number of nitrogens with one attached hydrogen (secondary N) is 1. The quantitative estimate of drug-likeness (QED) is 0.177. The second-order valence-corrected chi connectivity index (χ2v) is 15.7. The molecular weight excluding hydrogens is 467 g/mol. The molecule has 12 heteroatoms. The van der Waals surface area contributed by atoms with Gasteiger partial charge in [0.1, 0.15) is 6.10 Å². The molecular formula is C21H37N2O8PSi. The summed E-state index contributed by atoms with van der Waals surface area (Å²) >= 11 is 0. The van der Waals surface area contributed by atoms with E-state index in [0.717, 1.165) is 0 Å². The Morgan fingerprint density at radius 2 is 1.85 bits per heavy atom. The zero-order valence-corrected chi connectivity index (χ0v) is 22.4. The predicted molar refractivity (Wildman–Crippen MR) is 130 cm³/mol. The Labute approximate surface area is 196 Å². The van der Waals surface area contributed by atoms with Gasteiger partial charge in [0.05, 0.1) is 19.8 Å². The van der Waals surface area contributed by atoms with E-state index < -0.39 is 39.5 Å². The van der Waals surface area contributed by atoms with Crippen molar-refractivity contribution in [1.82, 2.24) is 9.55 Å². The van der Waals surface area contributed by atoms with Crippen LogP contribution in [0.4, 0.5) is 0 Å². The molecule has 188 valence electrons. The molecule has 0 aliphatic carbocycles. The molecule has 2 unspecified atom stereocenters. The summed E-state index contributed by atoms with van der Waals surface area (Å²) in [5.41, 5.74) is -1.16. The molecule has 0 aliphatic rings. The molecule has 0 saturated heterocycles. The maximum Gasteiger partial charge on any atom is 0.353 e. The van der Waals surface area contributed by atoms with Crippen LogP contribution in [0.3, 0.4) is 0 Å². The van der Waals surface area contributed by atoms with Crippen molar-refractivity contribution in [3.63, 3.8) is 0 Å². The van der Waals surface area contributed by atoms with Gasteiger partial charge in [0.2, 0.25) is 0 Å². The highest BCUT2D eigenvalue weighted by Gasteiger charge is 2.38. The molecule has 1 N–H and O–H groups in total. The molecule has 0 fully saturated rings. The van der Waals surface area contributed by atoms with Crippen molar-refractivity contribution in [2.75, 3.05) is 34.0 Å². The topological polar surface area (TPSA) is 118 Å². The van der Waals surface area contributed by atoms with Crippen molar-refractivity contribution in [1.29, 1.82) is 0 Å². The molecule has 1 aromatic heterocycles. The number of nitrogens with zero attached hydrogens (tertiary/aromatic N) is 1. The van der Waals surface area contributed by atoms with Crippen molar-refractivity contribution < 1.29 is 27.5 Å². The van der Waals surface area contributed by atoms with Gasteiger partial charge in [-0.15, -0.1) is 6.58 Å². The Bertz CT molecular complexity index is 943. The minimum absolute atomic E-state index is 0.0560. The molecule has 0 aliphatic heterocycles. The number of aromatic amines is 1. The minimum atomic E-state index is -3.45. The van der Waals surface area contributed by atoms with Gasteiger partial charge in [-0.3, -0.25) is 18.9 Å². The maximum atomic E-state index is 12.5. The predicted octanol–water partition coefficient (Wildman–Crippen LogP) is 3.64. The van der Waals surface area contributed by atoms with Gasteiger partial charge in [-0.05, 0) is 24.2 Å². The maximum absolute atomic E-state index is 12.5. The first-order valence-electron chi connectivity index (χ1n) is 10.5. The van der Waals surface area contributed by atoms with Gasteiger partial charge >= 0.3 is 13.3 Å². The number of aromatic nitrogens is 2. The van der Waals surface area contributed by atoms with Gasteiger partial charge in [-0.25, -0.2) is 4.79 Å². The summed E-state index contributed by atoms with van der Waals surface area (Å²) < 4.78 is 41.5. The highest BCUT2D eigenvalue weighted by atomic mass is 31.2. The fourth-order valence-corrected chi connectivity index (χ4v) is 4.13. The van der Waals surface area contributed by atoms with Crippen molar-refractivity contribution >= 4 is 15.9 Å². The minimum Gasteiger partial charge on any atom is -0.412 e. The Balaban J connectivity index is 3.29. The van der Waals surface area contributed by atoms with Crippen molar-refractivity contribution in [3.8, 4) is 0 Å². The lowest BCUT2D eigenvalue weighted by Crippen LogP contribution is -2.44. The SMILES string of the molecule is C=CCOCC(/C=C/P(=O)(OC)OC)OC(CO[Si](C)(C)C(C)(C)C)n1ccc(=O)[nH]c1=O. The number of hydrogen-bond acceptors (Lipinski definition) is 8. The van der Waals surface area contributed by atoms with E-state index in [0.29, 0.717) is 0 Å². The lowest BCUT2D eigenvalue weighted by atomic mass is 10.2. The van der Waals surface area contributed by atoms with Crippen molar-refractivity contribution in [2.45, 2.75) is 51.2 Å². The average Bonchev–Trinajstić information content (AvgIpc) is 2.74. The first kappa shape index (κ1) is 29.4. The molecule has 0 saturated carbocycles. The van der Waals surface area contributed by atoms with Crippen LogP contribution < -0.4 is 11.2 Å². The molecule has 1 heterocycles. The van der Waals surface area contributed by atoms with E-state index in [1.54, 1.807) is 6.08 Å². The van der Waals surface area contributed by atoms with Crippen LogP contribution in [0.1, 0.15) is 27.0 Å². The van der Waals surface area contributed by atoms with Crippen molar-refractivity contribution in [2.24, 2.45) is 0 Å². The third-order valence-corrected chi connectivity index (χ3v) is 11.5. The van der Waals surface area contributed by atoms with Crippen LogP contribution in [0, 0.1) is 0 Å². The number of rotatable bonds is 14. The van der Waals surface area contributed by atoms with Gasteiger partial charge in [0.15, 0.2) is 14.5 Å². The van der Waals surface area contributed by atoms with E-state index in [-0.39, 0.29) is 24.9 Å². The van der Waals surface area contributed by atoms with Crippen LogP contribution in [0.15, 0.2) is 46.4 Å².